The van der Waals surface area contributed by atoms with Crippen LogP contribution in [0.15, 0.2) is 24.3 Å². The van der Waals surface area contributed by atoms with Crippen LogP contribution in [0.3, 0.4) is 0 Å². The Labute approximate surface area is 108 Å². The third kappa shape index (κ3) is 3.78. The molecule has 2 rings (SSSR count). The molecule has 0 fully saturated rings. The van der Waals surface area contributed by atoms with Crippen LogP contribution >= 0.6 is 0 Å². The summed E-state index contributed by atoms with van der Waals surface area (Å²) in [5, 5.41) is 11.6. The first-order valence-electron chi connectivity index (χ1n) is 6.08. The van der Waals surface area contributed by atoms with E-state index < -0.39 is 10.0 Å². The summed E-state index contributed by atoms with van der Waals surface area (Å²) in [6.45, 7) is 2.17. The Hall–Kier alpha value is -0.950. The van der Waals surface area contributed by atoms with Gasteiger partial charge in [-0.05, 0) is 24.1 Å². The maximum Gasteiger partial charge on any atom is 0.210 e. The van der Waals surface area contributed by atoms with Gasteiger partial charge in [-0.1, -0.05) is 24.3 Å². The van der Waals surface area contributed by atoms with E-state index in [2.05, 4.69) is 22.8 Å². The zero-order chi connectivity index (χ0) is 13.0. The fraction of sp³-hybridized carbons (Fsp3) is 0.500. The summed E-state index contributed by atoms with van der Waals surface area (Å²) >= 11 is 0. The van der Waals surface area contributed by atoms with Crippen LogP contribution in [0.4, 0.5) is 0 Å². The average molecular weight is 269 g/mol. The number of hydrogen-bond donors (Lipinski definition) is 3. The van der Waals surface area contributed by atoms with Crippen molar-refractivity contribution in [3.8, 4) is 0 Å². The third-order valence-corrected chi connectivity index (χ3v) is 3.91. The Morgan fingerprint density at radius 3 is 2.94 bits per heavy atom. The van der Waals surface area contributed by atoms with Gasteiger partial charge in [0.25, 0.3) is 0 Å². The standard InChI is InChI=1S/C12H19N3O2S/c13-18(16,17)8-7-15-12-5-6-14-9-10-3-1-2-4-11(10)12/h1-4,12,14-15H,5-9H2,(H2,13,16,17). The lowest BCUT2D eigenvalue weighted by Gasteiger charge is -2.18. The van der Waals surface area contributed by atoms with Crippen molar-refractivity contribution in [1.29, 1.82) is 0 Å². The number of primary sulfonamides is 1. The number of rotatable bonds is 4. The molecular weight excluding hydrogens is 250 g/mol. The molecule has 100 valence electrons. The van der Waals surface area contributed by atoms with Crippen molar-refractivity contribution in [2.45, 2.75) is 19.0 Å². The zero-order valence-corrected chi connectivity index (χ0v) is 11.0. The predicted molar refractivity (Wildman–Crippen MR) is 71.5 cm³/mol. The van der Waals surface area contributed by atoms with Crippen LogP contribution in [0, 0.1) is 0 Å². The molecule has 1 heterocycles. The molecule has 1 atom stereocenters. The minimum atomic E-state index is -3.39. The Kier molecular flexibility index (Phi) is 4.34. The van der Waals surface area contributed by atoms with Gasteiger partial charge in [0.1, 0.15) is 0 Å². The number of nitrogens with one attached hydrogen (secondary N) is 2. The molecular formula is C12H19N3O2S. The Morgan fingerprint density at radius 2 is 2.17 bits per heavy atom. The fourth-order valence-corrected chi connectivity index (χ4v) is 2.65. The zero-order valence-electron chi connectivity index (χ0n) is 10.2. The maximum absolute atomic E-state index is 10.9. The number of benzene rings is 1. The summed E-state index contributed by atoms with van der Waals surface area (Å²) < 4.78 is 21.8. The summed E-state index contributed by atoms with van der Waals surface area (Å²) in [5.41, 5.74) is 2.51. The minimum Gasteiger partial charge on any atom is -0.313 e. The lowest BCUT2D eigenvalue weighted by molar-refractivity contribution is 0.508. The van der Waals surface area contributed by atoms with Crippen LogP contribution in [0.5, 0.6) is 0 Å². The van der Waals surface area contributed by atoms with E-state index in [1.807, 2.05) is 12.1 Å². The van der Waals surface area contributed by atoms with Gasteiger partial charge in [-0.25, -0.2) is 13.6 Å². The maximum atomic E-state index is 10.9. The van der Waals surface area contributed by atoms with E-state index in [0.717, 1.165) is 19.5 Å². The van der Waals surface area contributed by atoms with Crippen molar-refractivity contribution in [3.05, 3.63) is 35.4 Å². The van der Waals surface area contributed by atoms with Crippen molar-refractivity contribution < 1.29 is 8.42 Å². The topological polar surface area (TPSA) is 84.2 Å². The van der Waals surface area contributed by atoms with Gasteiger partial charge in [-0.3, -0.25) is 0 Å². The monoisotopic (exact) mass is 269 g/mol. The highest BCUT2D eigenvalue weighted by Crippen LogP contribution is 2.23. The van der Waals surface area contributed by atoms with Crippen LogP contribution in [0.2, 0.25) is 0 Å². The van der Waals surface area contributed by atoms with Crippen molar-refractivity contribution in [1.82, 2.24) is 10.6 Å². The lowest BCUT2D eigenvalue weighted by Crippen LogP contribution is -2.30. The van der Waals surface area contributed by atoms with Gasteiger partial charge >= 0.3 is 0 Å². The summed E-state index contributed by atoms with van der Waals surface area (Å²) in [5.74, 6) is -0.0287. The number of nitrogens with two attached hydrogens (primary N) is 1. The number of hydrogen-bond acceptors (Lipinski definition) is 4. The van der Waals surface area contributed by atoms with E-state index in [9.17, 15) is 8.42 Å². The minimum absolute atomic E-state index is 0.0287. The molecule has 18 heavy (non-hydrogen) atoms. The van der Waals surface area contributed by atoms with Crippen molar-refractivity contribution in [2.24, 2.45) is 5.14 Å². The molecule has 0 aliphatic carbocycles. The second-order valence-electron chi connectivity index (χ2n) is 4.54. The molecule has 0 saturated heterocycles. The van der Waals surface area contributed by atoms with Gasteiger partial charge in [0.05, 0.1) is 5.75 Å². The van der Waals surface area contributed by atoms with E-state index in [1.54, 1.807) is 0 Å². The van der Waals surface area contributed by atoms with E-state index in [1.165, 1.54) is 11.1 Å². The van der Waals surface area contributed by atoms with Gasteiger partial charge in [0.15, 0.2) is 0 Å². The summed E-state index contributed by atoms with van der Waals surface area (Å²) in [4.78, 5) is 0. The molecule has 4 N–H and O–H groups in total. The first-order chi connectivity index (χ1) is 8.56. The molecule has 5 nitrogen and oxygen atoms in total. The normalized spacial score (nSPS) is 20.2. The smallest absolute Gasteiger partial charge is 0.210 e. The molecule has 0 aromatic heterocycles. The van der Waals surface area contributed by atoms with Gasteiger partial charge in [-0.2, -0.15) is 0 Å². The molecule has 1 aromatic rings. The first kappa shape index (κ1) is 13.5. The average Bonchev–Trinajstić information content (AvgIpc) is 2.51. The quantitative estimate of drug-likeness (QED) is 0.724. The molecule has 1 unspecified atom stereocenters. The van der Waals surface area contributed by atoms with Gasteiger partial charge in [-0.15, -0.1) is 0 Å². The highest BCUT2D eigenvalue weighted by molar-refractivity contribution is 7.89. The van der Waals surface area contributed by atoms with Gasteiger partial charge < -0.3 is 10.6 Å². The molecule has 0 saturated carbocycles. The Morgan fingerprint density at radius 1 is 1.39 bits per heavy atom. The van der Waals surface area contributed by atoms with Crippen LogP contribution in [-0.2, 0) is 16.6 Å². The summed E-state index contributed by atoms with van der Waals surface area (Å²) in [6, 6.07) is 8.42. The Balaban J connectivity index is 2.04. The van der Waals surface area contributed by atoms with E-state index in [-0.39, 0.29) is 11.8 Å². The van der Waals surface area contributed by atoms with E-state index in [0.29, 0.717) is 6.54 Å². The number of sulfonamides is 1. The molecule has 0 radical (unpaired) electrons. The SMILES string of the molecule is NS(=O)(=O)CCNC1CCNCc2ccccc21. The van der Waals surface area contributed by atoms with Gasteiger partial charge in [0, 0.05) is 19.1 Å². The summed E-state index contributed by atoms with van der Waals surface area (Å²) in [7, 11) is -3.39. The molecule has 1 aliphatic rings. The summed E-state index contributed by atoms with van der Waals surface area (Å²) in [6.07, 6.45) is 0.946. The van der Waals surface area contributed by atoms with Crippen LogP contribution in [-0.4, -0.2) is 27.3 Å². The second-order valence-corrected chi connectivity index (χ2v) is 6.27. The first-order valence-corrected chi connectivity index (χ1v) is 7.80. The largest absolute Gasteiger partial charge is 0.313 e. The van der Waals surface area contributed by atoms with Crippen molar-refractivity contribution >= 4 is 10.0 Å². The van der Waals surface area contributed by atoms with Crippen molar-refractivity contribution in [2.75, 3.05) is 18.8 Å². The molecule has 6 heteroatoms. The van der Waals surface area contributed by atoms with Crippen LogP contribution in [0.25, 0.3) is 0 Å². The van der Waals surface area contributed by atoms with Crippen molar-refractivity contribution in [3.63, 3.8) is 0 Å². The lowest BCUT2D eigenvalue weighted by atomic mass is 9.99. The highest BCUT2D eigenvalue weighted by Gasteiger charge is 2.17. The van der Waals surface area contributed by atoms with E-state index >= 15 is 0 Å². The second kappa shape index (κ2) is 5.79. The number of fused-ring (bicyclic) bond motifs is 1. The van der Waals surface area contributed by atoms with Gasteiger partial charge in [0.2, 0.25) is 10.0 Å². The molecule has 0 amide bonds. The predicted octanol–water partition coefficient (Wildman–Crippen LogP) is 0.0991. The molecule has 0 spiro atoms. The highest BCUT2D eigenvalue weighted by atomic mass is 32.2. The molecule has 0 bridgehead atoms. The third-order valence-electron chi connectivity index (χ3n) is 3.13. The van der Waals surface area contributed by atoms with Crippen LogP contribution in [0.1, 0.15) is 23.6 Å². The molecule has 1 aliphatic heterocycles. The van der Waals surface area contributed by atoms with E-state index in [4.69, 9.17) is 5.14 Å². The Bertz CT molecular complexity index is 502. The molecule has 1 aromatic carbocycles. The fourth-order valence-electron chi connectivity index (χ4n) is 2.25. The van der Waals surface area contributed by atoms with Crippen LogP contribution < -0.4 is 15.8 Å².